The van der Waals surface area contributed by atoms with Crippen molar-refractivity contribution in [1.29, 1.82) is 0 Å². The highest BCUT2D eigenvalue weighted by atomic mass is 16.2. The molecule has 0 spiro atoms. The van der Waals surface area contributed by atoms with Crippen LogP contribution in [0.5, 0.6) is 0 Å². The molecule has 0 bridgehead atoms. The van der Waals surface area contributed by atoms with Crippen LogP contribution in [0.3, 0.4) is 0 Å². The van der Waals surface area contributed by atoms with Gasteiger partial charge in [0, 0.05) is 31.5 Å². The van der Waals surface area contributed by atoms with E-state index in [1.165, 1.54) is 11.3 Å². The van der Waals surface area contributed by atoms with Crippen LogP contribution in [-0.2, 0) is 24.9 Å². The Labute approximate surface area is 131 Å². The average Bonchev–Trinajstić information content (AvgIpc) is 2.82. The molecule has 116 valence electrons. The second-order valence-corrected chi connectivity index (χ2v) is 6.00. The van der Waals surface area contributed by atoms with Crippen LogP contribution in [0.2, 0.25) is 0 Å². The summed E-state index contributed by atoms with van der Waals surface area (Å²) in [5.41, 5.74) is 3.61. The molecule has 0 saturated carbocycles. The maximum Gasteiger partial charge on any atom is 0.237 e. The summed E-state index contributed by atoms with van der Waals surface area (Å²) in [5, 5.41) is 3.07. The highest BCUT2D eigenvalue weighted by molar-refractivity contribution is 5.82. The summed E-state index contributed by atoms with van der Waals surface area (Å²) in [6.07, 6.45) is 0.949. The van der Waals surface area contributed by atoms with Crippen LogP contribution < -0.4 is 5.32 Å². The second-order valence-electron chi connectivity index (χ2n) is 6.00. The molecule has 1 aliphatic heterocycles. The van der Waals surface area contributed by atoms with Crippen LogP contribution in [0.4, 0.5) is 0 Å². The molecule has 1 aromatic carbocycles. The Balaban J connectivity index is 1.53. The van der Waals surface area contributed by atoms with E-state index < -0.39 is 0 Å². The van der Waals surface area contributed by atoms with Crippen molar-refractivity contribution in [2.45, 2.75) is 32.5 Å². The van der Waals surface area contributed by atoms with Gasteiger partial charge in [-0.05, 0) is 31.0 Å². The maximum atomic E-state index is 12.4. The quantitative estimate of drug-likeness (QED) is 0.919. The first-order valence-corrected chi connectivity index (χ1v) is 7.82. The van der Waals surface area contributed by atoms with E-state index in [0.717, 1.165) is 25.2 Å². The van der Waals surface area contributed by atoms with Crippen LogP contribution in [-0.4, -0.2) is 28.0 Å². The lowest BCUT2D eigenvalue weighted by Crippen LogP contribution is -2.55. The van der Waals surface area contributed by atoms with E-state index in [1.54, 1.807) is 0 Å². The van der Waals surface area contributed by atoms with Crippen molar-refractivity contribution in [3.05, 3.63) is 59.4 Å². The molecular weight excluding hydrogens is 274 g/mol. The fourth-order valence-corrected chi connectivity index (χ4v) is 2.88. The number of benzene rings is 1. The van der Waals surface area contributed by atoms with Gasteiger partial charge in [0.05, 0.1) is 12.6 Å². The zero-order chi connectivity index (χ0) is 15.5. The summed E-state index contributed by atoms with van der Waals surface area (Å²) < 4.78 is 2.11. The summed E-state index contributed by atoms with van der Waals surface area (Å²) in [5.74, 6) is 0.140. The third-order valence-corrected chi connectivity index (χ3v) is 4.58. The molecule has 0 radical (unpaired) electrons. The molecule has 1 saturated heterocycles. The Morgan fingerprint density at radius 1 is 1.23 bits per heavy atom. The maximum absolute atomic E-state index is 12.4. The van der Waals surface area contributed by atoms with Crippen molar-refractivity contribution in [2.24, 2.45) is 7.05 Å². The van der Waals surface area contributed by atoms with Gasteiger partial charge in [0.15, 0.2) is 0 Å². The van der Waals surface area contributed by atoms with Crippen molar-refractivity contribution in [1.82, 2.24) is 14.8 Å². The highest BCUT2D eigenvalue weighted by Gasteiger charge is 2.33. The summed E-state index contributed by atoms with van der Waals surface area (Å²) in [4.78, 5) is 14.6. The topological polar surface area (TPSA) is 37.3 Å². The Hall–Kier alpha value is -2.07. The number of aromatic nitrogens is 1. The molecular formula is C18H23N3O. The molecule has 1 amide bonds. The number of nitrogens with one attached hydrogen (secondary N) is 1. The van der Waals surface area contributed by atoms with Crippen molar-refractivity contribution in [3.8, 4) is 0 Å². The first-order chi connectivity index (χ1) is 10.6. The first kappa shape index (κ1) is 14.9. The van der Waals surface area contributed by atoms with E-state index in [4.69, 9.17) is 0 Å². The number of likely N-dealkylation sites (tertiary alicyclic amines) is 1. The van der Waals surface area contributed by atoms with Crippen molar-refractivity contribution in [3.63, 3.8) is 0 Å². The van der Waals surface area contributed by atoms with Gasteiger partial charge in [-0.25, -0.2) is 0 Å². The van der Waals surface area contributed by atoms with Gasteiger partial charge in [-0.1, -0.05) is 30.3 Å². The minimum atomic E-state index is 0.0153. The molecule has 1 aromatic heterocycles. The number of carbonyl (C=O) groups excluding carboxylic acids is 1. The Kier molecular flexibility index (Phi) is 4.29. The van der Waals surface area contributed by atoms with Gasteiger partial charge in [-0.2, -0.15) is 0 Å². The minimum Gasteiger partial charge on any atom is -0.350 e. The molecule has 2 heterocycles. The van der Waals surface area contributed by atoms with E-state index in [0.29, 0.717) is 6.54 Å². The molecule has 2 aromatic rings. The number of hydrogen-bond acceptors (Lipinski definition) is 2. The van der Waals surface area contributed by atoms with Gasteiger partial charge in [0.2, 0.25) is 5.91 Å². The number of nitrogens with zero attached hydrogens (tertiary/aromatic N) is 2. The Morgan fingerprint density at radius 2 is 2.00 bits per heavy atom. The molecule has 3 rings (SSSR count). The lowest BCUT2D eigenvalue weighted by molar-refractivity contribution is -0.131. The Bertz CT molecular complexity index is 648. The predicted molar refractivity (Wildman–Crippen MR) is 87.3 cm³/mol. The van der Waals surface area contributed by atoms with Crippen LogP contribution in [0.15, 0.2) is 42.5 Å². The fraction of sp³-hybridized carbons (Fsp3) is 0.389. The number of carbonyl (C=O) groups is 1. The van der Waals surface area contributed by atoms with Crippen LogP contribution in [0, 0.1) is 6.92 Å². The second kappa shape index (κ2) is 6.36. The number of aryl methyl sites for hydroxylation is 1. The van der Waals surface area contributed by atoms with Gasteiger partial charge in [0.25, 0.3) is 0 Å². The summed E-state index contributed by atoms with van der Waals surface area (Å²) in [6, 6.07) is 14.5. The first-order valence-electron chi connectivity index (χ1n) is 7.82. The van der Waals surface area contributed by atoms with Crippen molar-refractivity contribution in [2.75, 3.05) is 6.54 Å². The third kappa shape index (κ3) is 3.07. The smallest absolute Gasteiger partial charge is 0.237 e. The molecule has 4 nitrogen and oxygen atoms in total. The van der Waals surface area contributed by atoms with E-state index in [-0.39, 0.29) is 11.9 Å². The van der Waals surface area contributed by atoms with Gasteiger partial charge in [0.1, 0.15) is 0 Å². The number of amides is 1. The van der Waals surface area contributed by atoms with E-state index >= 15 is 0 Å². The monoisotopic (exact) mass is 297 g/mol. The zero-order valence-corrected chi connectivity index (χ0v) is 13.2. The molecule has 0 aliphatic carbocycles. The van der Waals surface area contributed by atoms with Gasteiger partial charge in [-0.15, -0.1) is 0 Å². The fourth-order valence-electron chi connectivity index (χ4n) is 2.88. The molecule has 22 heavy (non-hydrogen) atoms. The lowest BCUT2D eigenvalue weighted by atomic mass is 10.0. The Morgan fingerprint density at radius 3 is 2.59 bits per heavy atom. The third-order valence-electron chi connectivity index (χ3n) is 4.58. The summed E-state index contributed by atoms with van der Waals surface area (Å²) >= 11 is 0. The van der Waals surface area contributed by atoms with E-state index in [1.807, 2.05) is 25.2 Å². The standard InChI is InChI=1S/C18H23N3O/c1-14-8-9-16(20(14)2)12-19-18(22)17-10-11-21(17)13-15-6-4-3-5-7-15/h3-9,17H,10-13H2,1-2H3,(H,19,22). The average molecular weight is 297 g/mol. The molecule has 1 aliphatic rings. The van der Waals surface area contributed by atoms with Gasteiger partial charge < -0.3 is 9.88 Å². The normalized spacial score (nSPS) is 18.0. The van der Waals surface area contributed by atoms with E-state index in [9.17, 15) is 4.79 Å². The van der Waals surface area contributed by atoms with E-state index in [2.05, 4.69) is 46.0 Å². The van der Waals surface area contributed by atoms with Crippen molar-refractivity contribution < 1.29 is 4.79 Å². The lowest BCUT2D eigenvalue weighted by Gasteiger charge is -2.39. The molecule has 1 fully saturated rings. The zero-order valence-electron chi connectivity index (χ0n) is 13.2. The van der Waals surface area contributed by atoms with Crippen LogP contribution >= 0.6 is 0 Å². The SMILES string of the molecule is Cc1ccc(CNC(=O)C2CCN2Cc2ccccc2)n1C. The summed E-state index contributed by atoms with van der Waals surface area (Å²) in [7, 11) is 2.03. The number of rotatable bonds is 5. The molecule has 1 unspecified atom stereocenters. The largest absolute Gasteiger partial charge is 0.350 e. The molecule has 1 atom stereocenters. The van der Waals surface area contributed by atoms with Crippen molar-refractivity contribution >= 4 is 5.91 Å². The van der Waals surface area contributed by atoms with Gasteiger partial charge >= 0.3 is 0 Å². The highest BCUT2D eigenvalue weighted by Crippen LogP contribution is 2.20. The summed E-state index contributed by atoms with van der Waals surface area (Å²) in [6.45, 7) is 4.51. The van der Waals surface area contributed by atoms with Gasteiger partial charge in [-0.3, -0.25) is 9.69 Å². The minimum absolute atomic E-state index is 0.0153. The molecule has 1 N–H and O–H groups in total. The van der Waals surface area contributed by atoms with Crippen LogP contribution in [0.25, 0.3) is 0 Å². The predicted octanol–water partition coefficient (Wildman–Crippen LogP) is 2.22. The number of hydrogen-bond donors (Lipinski definition) is 1. The van der Waals surface area contributed by atoms with Crippen LogP contribution in [0.1, 0.15) is 23.4 Å². The molecule has 4 heteroatoms.